The normalized spacial score (nSPS) is 22.1. The summed E-state index contributed by atoms with van der Waals surface area (Å²) in [6.07, 6.45) is 1.72. The van der Waals surface area contributed by atoms with E-state index in [1.165, 1.54) is 4.31 Å². The molecule has 1 aromatic carbocycles. The number of aliphatic hydroxyl groups excluding tert-OH is 1. The summed E-state index contributed by atoms with van der Waals surface area (Å²) in [6.45, 7) is 3.47. The van der Waals surface area contributed by atoms with Crippen molar-refractivity contribution in [1.82, 2.24) is 9.03 Å². The van der Waals surface area contributed by atoms with Crippen LogP contribution in [0.25, 0.3) is 0 Å². The van der Waals surface area contributed by atoms with Crippen molar-refractivity contribution in [3.8, 4) is 0 Å². The van der Waals surface area contributed by atoms with Crippen LogP contribution < -0.4 is 4.72 Å². The van der Waals surface area contributed by atoms with E-state index in [1.807, 2.05) is 30.3 Å². The lowest BCUT2D eigenvalue weighted by molar-refractivity contribution is 0.168. The van der Waals surface area contributed by atoms with Crippen LogP contribution in [0, 0.1) is 5.92 Å². The van der Waals surface area contributed by atoms with Crippen LogP contribution >= 0.6 is 0 Å². The monoisotopic (exact) mass is 312 g/mol. The van der Waals surface area contributed by atoms with Gasteiger partial charge in [-0.25, -0.2) is 4.72 Å². The lowest BCUT2D eigenvalue weighted by atomic mass is 10.0. The van der Waals surface area contributed by atoms with Crippen molar-refractivity contribution >= 4 is 10.2 Å². The van der Waals surface area contributed by atoms with Crippen LogP contribution in [0.2, 0.25) is 0 Å². The van der Waals surface area contributed by atoms with Gasteiger partial charge in [-0.3, -0.25) is 0 Å². The largest absolute Gasteiger partial charge is 0.388 e. The summed E-state index contributed by atoms with van der Waals surface area (Å²) in [5.41, 5.74) is 0.809. The van der Waals surface area contributed by atoms with E-state index in [2.05, 4.69) is 11.6 Å². The molecular weight excluding hydrogens is 288 g/mol. The first-order valence-electron chi connectivity index (χ1n) is 7.47. The molecule has 118 valence electrons. The highest BCUT2D eigenvalue weighted by molar-refractivity contribution is 7.87. The highest BCUT2D eigenvalue weighted by atomic mass is 32.2. The molecule has 6 heteroatoms. The quantitative estimate of drug-likeness (QED) is 0.839. The van der Waals surface area contributed by atoms with Gasteiger partial charge in [0.05, 0.1) is 6.10 Å². The van der Waals surface area contributed by atoms with Gasteiger partial charge in [0.15, 0.2) is 0 Å². The summed E-state index contributed by atoms with van der Waals surface area (Å²) >= 11 is 0. The smallest absolute Gasteiger partial charge is 0.279 e. The standard InChI is InChI=1S/C15H24N2O3S/c1-13-6-5-11-17(12-13)21(19,20)16-10-9-15(18)14-7-3-2-4-8-14/h2-4,7-8,13,15-16,18H,5-6,9-12H2,1H3/t13-,15+/m1/s1. The van der Waals surface area contributed by atoms with Gasteiger partial charge in [0.1, 0.15) is 0 Å². The second kappa shape index (κ2) is 7.35. The van der Waals surface area contributed by atoms with Crippen LogP contribution in [0.3, 0.4) is 0 Å². The van der Waals surface area contributed by atoms with Crippen LogP contribution in [-0.4, -0.2) is 37.5 Å². The van der Waals surface area contributed by atoms with Crippen molar-refractivity contribution in [3.05, 3.63) is 35.9 Å². The Morgan fingerprint density at radius 1 is 1.38 bits per heavy atom. The molecule has 21 heavy (non-hydrogen) atoms. The third-order valence-electron chi connectivity index (χ3n) is 3.85. The topological polar surface area (TPSA) is 69.6 Å². The van der Waals surface area contributed by atoms with E-state index in [9.17, 15) is 13.5 Å². The van der Waals surface area contributed by atoms with Crippen molar-refractivity contribution in [2.24, 2.45) is 5.92 Å². The third kappa shape index (κ3) is 4.78. The number of hydrogen-bond acceptors (Lipinski definition) is 3. The molecular formula is C15H24N2O3S. The highest BCUT2D eigenvalue weighted by Crippen LogP contribution is 2.18. The van der Waals surface area contributed by atoms with E-state index in [0.717, 1.165) is 18.4 Å². The first-order chi connectivity index (χ1) is 9.99. The first-order valence-corrected chi connectivity index (χ1v) is 8.91. The van der Waals surface area contributed by atoms with Crippen LogP contribution in [0.15, 0.2) is 30.3 Å². The van der Waals surface area contributed by atoms with E-state index >= 15 is 0 Å². The van der Waals surface area contributed by atoms with Crippen molar-refractivity contribution in [2.75, 3.05) is 19.6 Å². The lowest BCUT2D eigenvalue weighted by Crippen LogP contribution is -2.45. The Hall–Kier alpha value is -0.950. The van der Waals surface area contributed by atoms with E-state index in [1.54, 1.807) is 0 Å². The maximum Gasteiger partial charge on any atom is 0.279 e. The SMILES string of the molecule is C[C@@H]1CCCN(S(=O)(=O)NCC[C@H](O)c2ccccc2)C1. The van der Waals surface area contributed by atoms with Gasteiger partial charge in [0, 0.05) is 19.6 Å². The van der Waals surface area contributed by atoms with E-state index in [4.69, 9.17) is 0 Å². The number of rotatable bonds is 6. The summed E-state index contributed by atoms with van der Waals surface area (Å²) in [5, 5.41) is 10.0. The van der Waals surface area contributed by atoms with E-state index in [0.29, 0.717) is 25.4 Å². The maximum atomic E-state index is 12.2. The van der Waals surface area contributed by atoms with Gasteiger partial charge in [0.2, 0.25) is 0 Å². The molecule has 1 aromatic rings. The second-order valence-electron chi connectivity index (χ2n) is 5.72. The summed E-state index contributed by atoms with van der Waals surface area (Å²) in [4.78, 5) is 0. The minimum absolute atomic E-state index is 0.239. The number of nitrogens with zero attached hydrogens (tertiary/aromatic N) is 1. The molecule has 0 amide bonds. The number of benzene rings is 1. The molecule has 0 radical (unpaired) electrons. The number of hydrogen-bond donors (Lipinski definition) is 2. The zero-order valence-electron chi connectivity index (χ0n) is 12.4. The van der Waals surface area contributed by atoms with Gasteiger partial charge in [-0.1, -0.05) is 37.3 Å². The lowest BCUT2D eigenvalue weighted by Gasteiger charge is -2.30. The summed E-state index contributed by atoms with van der Waals surface area (Å²) in [5.74, 6) is 0.408. The number of piperidine rings is 1. The van der Waals surface area contributed by atoms with E-state index in [-0.39, 0.29) is 6.54 Å². The van der Waals surface area contributed by atoms with Gasteiger partial charge in [-0.05, 0) is 30.7 Å². The summed E-state index contributed by atoms with van der Waals surface area (Å²) in [7, 11) is -3.42. The zero-order valence-corrected chi connectivity index (χ0v) is 13.2. The van der Waals surface area contributed by atoms with Gasteiger partial charge < -0.3 is 5.11 Å². The first kappa shape index (κ1) is 16.4. The van der Waals surface area contributed by atoms with Crippen molar-refractivity contribution in [2.45, 2.75) is 32.3 Å². The molecule has 0 unspecified atom stereocenters. The van der Waals surface area contributed by atoms with Gasteiger partial charge >= 0.3 is 0 Å². The fraction of sp³-hybridized carbons (Fsp3) is 0.600. The van der Waals surface area contributed by atoms with E-state index < -0.39 is 16.3 Å². The average molecular weight is 312 g/mol. The van der Waals surface area contributed by atoms with Crippen molar-refractivity contribution in [3.63, 3.8) is 0 Å². The van der Waals surface area contributed by atoms with Crippen LogP contribution in [0.4, 0.5) is 0 Å². The Labute approximate surface area is 127 Å². The maximum absolute atomic E-state index is 12.2. The Morgan fingerprint density at radius 2 is 2.10 bits per heavy atom. The predicted octanol–water partition coefficient (Wildman–Crippen LogP) is 1.68. The van der Waals surface area contributed by atoms with Crippen LogP contribution in [0.5, 0.6) is 0 Å². The molecule has 1 heterocycles. The van der Waals surface area contributed by atoms with Gasteiger partial charge in [-0.2, -0.15) is 12.7 Å². The average Bonchev–Trinajstić information content (AvgIpc) is 2.48. The minimum Gasteiger partial charge on any atom is -0.388 e. The Kier molecular flexibility index (Phi) is 5.75. The fourth-order valence-electron chi connectivity index (χ4n) is 2.62. The predicted molar refractivity (Wildman–Crippen MR) is 82.9 cm³/mol. The zero-order chi connectivity index (χ0) is 15.3. The van der Waals surface area contributed by atoms with Gasteiger partial charge in [-0.15, -0.1) is 0 Å². The van der Waals surface area contributed by atoms with Crippen LogP contribution in [-0.2, 0) is 10.2 Å². The van der Waals surface area contributed by atoms with Crippen molar-refractivity contribution < 1.29 is 13.5 Å². The molecule has 1 saturated heterocycles. The molecule has 0 saturated carbocycles. The molecule has 2 atom stereocenters. The molecule has 1 aliphatic rings. The number of nitrogens with one attached hydrogen (secondary N) is 1. The Bertz CT molecular complexity index is 533. The third-order valence-corrected chi connectivity index (χ3v) is 5.43. The molecule has 0 spiro atoms. The molecule has 2 N–H and O–H groups in total. The number of aliphatic hydroxyl groups is 1. The summed E-state index contributed by atoms with van der Waals surface area (Å²) in [6, 6.07) is 9.28. The molecule has 0 aromatic heterocycles. The molecule has 2 rings (SSSR count). The molecule has 0 bridgehead atoms. The molecule has 1 fully saturated rings. The fourth-order valence-corrected chi connectivity index (χ4v) is 4.00. The Morgan fingerprint density at radius 3 is 2.76 bits per heavy atom. The van der Waals surface area contributed by atoms with Gasteiger partial charge in [0.25, 0.3) is 10.2 Å². The second-order valence-corrected chi connectivity index (χ2v) is 7.48. The molecule has 5 nitrogen and oxygen atoms in total. The highest BCUT2D eigenvalue weighted by Gasteiger charge is 2.26. The molecule has 1 aliphatic heterocycles. The van der Waals surface area contributed by atoms with Crippen molar-refractivity contribution in [1.29, 1.82) is 0 Å². The molecule has 0 aliphatic carbocycles. The Balaban J connectivity index is 1.82. The summed E-state index contributed by atoms with van der Waals surface area (Å²) < 4.78 is 28.5. The minimum atomic E-state index is -3.42. The van der Waals surface area contributed by atoms with Crippen LogP contribution in [0.1, 0.15) is 37.9 Å².